The van der Waals surface area contributed by atoms with Gasteiger partial charge in [0.05, 0.1) is 11.4 Å². The summed E-state index contributed by atoms with van der Waals surface area (Å²) in [6, 6.07) is 6.47. The molecule has 3 rings (SSSR count). The van der Waals surface area contributed by atoms with Crippen LogP contribution in [0.4, 0.5) is 11.8 Å². The summed E-state index contributed by atoms with van der Waals surface area (Å²) in [5.74, 6) is 1.13. The fraction of sp³-hybridized carbons (Fsp3) is 0.231. The number of anilines is 2. The predicted molar refractivity (Wildman–Crippen MR) is 82.9 cm³/mol. The molecule has 3 aromatic rings. The molecule has 0 saturated carbocycles. The molecule has 0 aliphatic carbocycles. The summed E-state index contributed by atoms with van der Waals surface area (Å²) in [7, 11) is 0. The maximum absolute atomic E-state index is 5.78. The van der Waals surface area contributed by atoms with Gasteiger partial charge in [-0.1, -0.05) is 6.07 Å². The lowest BCUT2D eigenvalue weighted by molar-refractivity contribution is 0.899. The Morgan fingerprint density at radius 3 is 2.95 bits per heavy atom. The molecule has 3 N–H and O–H groups in total. The molecular weight excluding hydrogens is 276 g/mol. The molecule has 0 aliphatic heterocycles. The van der Waals surface area contributed by atoms with Gasteiger partial charge in [-0.2, -0.15) is 4.98 Å². The van der Waals surface area contributed by atoms with Crippen LogP contribution in [0.15, 0.2) is 23.6 Å². The molecular formula is C13H14N4S2. The molecule has 1 unspecified atom stereocenters. The molecule has 0 fully saturated rings. The molecule has 6 heteroatoms. The number of hydrogen-bond acceptors (Lipinski definition) is 6. The minimum atomic E-state index is 0.206. The lowest BCUT2D eigenvalue weighted by atomic mass is 10.2. The average molecular weight is 290 g/mol. The summed E-state index contributed by atoms with van der Waals surface area (Å²) >= 11 is 3.37. The Labute approximate surface area is 119 Å². The van der Waals surface area contributed by atoms with Gasteiger partial charge in [0.2, 0.25) is 5.95 Å². The minimum absolute atomic E-state index is 0.206. The van der Waals surface area contributed by atoms with E-state index in [9.17, 15) is 0 Å². The maximum Gasteiger partial charge on any atom is 0.223 e. The summed E-state index contributed by atoms with van der Waals surface area (Å²) in [5.41, 5.74) is 5.78. The fourth-order valence-electron chi connectivity index (χ4n) is 1.98. The standard InChI is InChI=1S/C13H14N4S2/c1-7-6-9-11(16-13(14)17-12(9)19-7)15-8(2)10-4-3-5-18-10/h3-6,8H,1-2H3,(H3,14,15,16,17). The Morgan fingerprint density at radius 1 is 1.37 bits per heavy atom. The van der Waals surface area contributed by atoms with Crippen LogP contribution >= 0.6 is 22.7 Å². The Kier molecular flexibility index (Phi) is 3.12. The highest BCUT2D eigenvalue weighted by molar-refractivity contribution is 7.18. The van der Waals surface area contributed by atoms with Gasteiger partial charge in [-0.05, 0) is 31.4 Å². The Morgan fingerprint density at radius 2 is 2.21 bits per heavy atom. The first kappa shape index (κ1) is 12.4. The third-order valence-corrected chi connectivity index (χ3v) is 4.86. The highest BCUT2D eigenvalue weighted by Crippen LogP contribution is 2.31. The number of aryl methyl sites for hydroxylation is 1. The quantitative estimate of drug-likeness (QED) is 0.769. The lowest BCUT2D eigenvalue weighted by Crippen LogP contribution is -2.08. The first-order chi connectivity index (χ1) is 9.13. The van der Waals surface area contributed by atoms with Crippen molar-refractivity contribution in [1.82, 2.24) is 9.97 Å². The van der Waals surface area contributed by atoms with E-state index in [1.165, 1.54) is 9.75 Å². The van der Waals surface area contributed by atoms with E-state index in [1.54, 1.807) is 22.7 Å². The number of nitrogens with two attached hydrogens (primary N) is 1. The Hall–Kier alpha value is -1.66. The van der Waals surface area contributed by atoms with E-state index in [0.29, 0.717) is 5.95 Å². The van der Waals surface area contributed by atoms with Crippen LogP contribution in [0.3, 0.4) is 0 Å². The van der Waals surface area contributed by atoms with Crippen molar-refractivity contribution < 1.29 is 0 Å². The second-order valence-corrected chi connectivity index (χ2v) is 6.60. The number of aromatic nitrogens is 2. The SMILES string of the molecule is Cc1cc2c(NC(C)c3cccs3)nc(N)nc2s1. The topological polar surface area (TPSA) is 63.8 Å². The van der Waals surface area contributed by atoms with Crippen LogP contribution in [-0.4, -0.2) is 9.97 Å². The summed E-state index contributed by atoms with van der Waals surface area (Å²) in [5, 5.41) is 6.54. The van der Waals surface area contributed by atoms with Crippen molar-refractivity contribution in [2.75, 3.05) is 11.1 Å². The van der Waals surface area contributed by atoms with E-state index in [2.05, 4.69) is 52.7 Å². The van der Waals surface area contributed by atoms with Crippen LogP contribution in [-0.2, 0) is 0 Å². The van der Waals surface area contributed by atoms with Gasteiger partial charge in [-0.25, -0.2) is 4.98 Å². The van der Waals surface area contributed by atoms with E-state index in [4.69, 9.17) is 5.73 Å². The van der Waals surface area contributed by atoms with Gasteiger partial charge >= 0.3 is 0 Å². The molecule has 4 nitrogen and oxygen atoms in total. The average Bonchev–Trinajstić information content (AvgIpc) is 2.96. The summed E-state index contributed by atoms with van der Waals surface area (Å²) < 4.78 is 0. The van der Waals surface area contributed by atoms with Crippen LogP contribution < -0.4 is 11.1 Å². The zero-order valence-corrected chi connectivity index (χ0v) is 12.3. The Balaban J connectivity index is 2.00. The molecule has 98 valence electrons. The van der Waals surface area contributed by atoms with Gasteiger partial charge in [-0.15, -0.1) is 22.7 Å². The fourth-order valence-corrected chi connectivity index (χ4v) is 3.60. The monoisotopic (exact) mass is 290 g/mol. The van der Waals surface area contributed by atoms with Crippen molar-refractivity contribution in [3.63, 3.8) is 0 Å². The molecule has 0 amide bonds. The second kappa shape index (κ2) is 4.79. The van der Waals surface area contributed by atoms with Gasteiger partial charge in [0.15, 0.2) is 0 Å². The highest BCUT2D eigenvalue weighted by Gasteiger charge is 2.13. The van der Waals surface area contributed by atoms with Crippen molar-refractivity contribution in [3.05, 3.63) is 33.3 Å². The van der Waals surface area contributed by atoms with Crippen LogP contribution in [0.2, 0.25) is 0 Å². The van der Waals surface area contributed by atoms with Crippen molar-refractivity contribution in [2.45, 2.75) is 19.9 Å². The molecule has 0 spiro atoms. The normalized spacial score (nSPS) is 12.7. The number of nitrogens with one attached hydrogen (secondary N) is 1. The highest BCUT2D eigenvalue weighted by atomic mass is 32.1. The van der Waals surface area contributed by atoms with Crippen LogP contribution in [0.1, 0.15) is 22.7 Å². The number of nitrogens with zero attached hydrogens (tertiary/aromatic N) is 2. The number of fused-ring (bicyclic) bond motifs is 1. The lowest BCUT2D eigenvalue weighted by Gasteiger charge is -2.13. The molecule has 0 aliphatic rings. The maximum atomic E-state index is 5.78. The van der Waals surface area contributed by atoms with Crippen LogP contribution in [0, 0.1) is 6.92 Å². The molecule has 1 atom stereocenters. The second-order valence-electron chi connectivity index (χ2n) is 4.39. The van der Waals surface area contributed by atoms with E-state index in [0.717, 1.165) is 16.0 Å². The van der Waals surface area contributed by atoms with Crippen molar-refractivity contribution in [3.8, 4) is 0 Å². The number of thiophene rings is 2. The van der Waals surface area contributed by atoms with E-state index < -0.39 is 0 Å². The van der Waals surface area contributed by atoms with Gasteiger partial charge < -0.3 is 11.1 Å². The number of nitrogen functional groups attached to an aromatic ring is 1. The molecule has 19 heavy (non-hydrogen) atoms. The van der Waals surface area contributed by atoms with Crippen LogP contribution in [0.5, 0.6) is 0 Å². The molecule has 0 aromatic carbocycles. The molecule has 0 bridgehead atoms. The molecule has 3 heterocycles. The van der Waals surface area contributed by atoms with Gasteiger partial charge in [-0.3, -0.25) is 0 Å². The van der Waals surface area contributed by atoms with Gasteiger partial charge in [0.1, 0.15) is 10.6 Å². The van der Waals surface area contributed by atoms with Crippen molar-refractivity contribution in [1.29, 1.82) is 0 Å². The molecule has 3 aromatic heterocycles. The summed E-state index contributed by atoms with van der Waals surface area (Å²) in [6.07, 6.45) is 0. The number of rotatable bonds is 3. The largest absolute Gasteiger partial charge is 0.368 e. The van der Waals surface area contributed by atoms with E-state index >= 15 is 0 Å². The van der Waals surface area contributed by atoms with Gasteiger partial charge in [0, 0.05) is 9.75 Å². The van der Waals surface area contributed by atoms with E-state index in [-0.39, 0.29) is 6.04 Å². The molecule has 0 radical (unpaired) electrons. The predicted octanol–water partition coefficient (Wildman–Crippen LogP) is 3.82. The zero-order valence-electron chi connectivity index (χ0n) is 10.7. The summed E-state index contributed by atoms with van der Waals surface area (Å²) in [6.45, 7) is 4.18. The van der Waals surface area contributed by atoms with Crippen molar-refractivity contribution in [2.24, 2.45) is 0 Å². The van der Waals surface area contributed by atoms with Crippen molar-refractivity contribution >= 4 is 44.7 Å². The smallest absolute Gasteiger partial charge is 0.223 e. The van der Waals surface area contributed by atoms with Crippen LogP contribution in [0.25, 0.3) is 10.2 Å². The molecule has 0 saturated heterocycles. The number of hydrogen-bond donors (Lipinski definition) is 2. The first-order valence-corrected chi connectivity index (χ1v) is 7.66. The van der Waals surface area contributed by atoms with Gasteiger partial charge in [0.25, 0.3) is 0 Å². The van der Waals surface area contributed by atoms with E-state index in [1.807, 2.05) is 0 Å². The third kappa shape index (κ3) is 2.41. The Bertz CT molecular complexity index is 703. The third-order valence-electron chi connectivity index (χ3n) is 2.86. The zero-order chi connectivity index (χ0) is 13.4. The minimum Gasteiger partial charge on any atom is -0.368 e. The summed E-state index contributed by atoms with van der Waals surface area (Å²) in [4.78, 5) is 12.0. The first-order valence-electron chi connectivity index (χ1n) is 5.97.